The van der Waals surface area contributed by atoms with Crippen LogP contribution in [0.25, 0.3) is 34.0 Å². The lowest BCUT2D eigenvalue weighted by atomic mass is 10.0. The van der Waals surface area contributed by atoms with Gasteiger partial charge in [0.1, 0.15) is 17.1 Å². The zero-order valence-electron chi connectivity index (χ0n) is 23.7. The summed E-state index contributed by atoms with van der Waals surface area (Å²) in [7, 11) is 0. The van der Waals surface area contributed by atoms with Crippen molar-refractivity contribution in [2.75, 3.05) is 23.7 Å². The molecule has 0 saturated heterocycles. The number of aryl methyl sites for hydroxylation is 1. The number of nitrogens with zero attached hydrogens (tertiary/aromatic N) is 4. The Morgan fingerprint density at radius 1 is 0.615 bits per heavy atom. The second-order valence-electron chi connectivity index (χ2n) is 10.2. The number of aromatic nitrogens is 4. The van der Waals surface area contributed by atoms with Crippen LogP contribution in [0.2, 0.25) is 0 Å². The van der Waals surface area contributed by atoms with Crippen LogP contribution in [-0.4, -0.2) is 33.3 Å². The van der Waals surface area contributed by atoms with E-state index in [9.17, 15) is 0 Å². The third-order valence-corrected chi connectivity index (χ3v) is 6.87. The number of hydrogen-bond donors (Lipinski definition) is 2. The van der Waals surface area contributed by atoms with Gasteiger partial charge in [0.15, 0.2) is 0 Å². The zero-order chi connectivity index (χ0) is 27.3. The minimum atomic E-state index is 0.529. The Kier molecular flexibility index (Phi) is 10.8. The summed E-state index contributed by atoms with van der Waals surface area (Å²) in [6, 6.07) is 20.9. The van der Waals surface area contributed by atoms with E-state index in [1.807, 2.05) is 19.1 Å². The van der Waals surface area contributed by atoms with Crippen LogP contribution < -0.4 is 10.6 Å². The van der Waals surface area contributed by atoms with Gasteiger partial charge in [-0.1, -0.05) is 76.6 Å². The first-order chi connectivity index (χ1) is 19.2. The van der Waals surface area contributed by atoms with Crippen molar-refractivity contribution < 1.29 is 0 Å². The van der Waals surface area contributed by atoms with Gasteiger partial charge in [0.25, 0.3) is 0 Å². The van der Waals surface area contributed by atoms with Crippen LogP contribution in [0.3, 0.4) is 0 Å². The number of benzene rings is 2. The molecule has 0 bridgehead atoms. The fourth-order valence-electron chi connectivity index (χ4n) is 4.55. The van der Waals surface area contributed by atoms with Gasteiger partial charge in [0, 0.05) is 41.8 Å². The quantitative estimate of drug-likeness (QED) is 0.152. The number of hydrogen-bond acceptors (Lipinski definition) is 6. The van der Waals surface area contributed by atoms with Crippen LogP contribution in [-0.2, 0) is 0 Å². The van der Waals surface area contributed by atoms with Crippen LogP contribution in [0.4, 0.5) is 11.4 Å². The molecule has 0 unspecified atom stereocenters. The number of anilines is 2. The number of rotatable bonds is 15. The van der Waals surface area contributed by atoms with Gasteiger partial charge in [0.2, 0.25) is 5.82 Å². The first-order valence-corrected chi connectivity index (χ1v) is 14.5. The maximum absolute atomic E-state index is 4.98. The number of pyridine rings is 1. The van der Waals surface area contributed by atoms with E-state index >= 15 is 0 Å². The Bertz CT molecular complexity index is 1280. The molecule has 2 aromatic carbocycles. The molecule has 0 spiro atoms. The molecule has 0 amide bonds. The standard InChI is InChI=1S/C33H42N6/c1-4-6-8-10-21-34-28-16-12-26(13-17-28)31-32(38-39-33(37-31)30-24-25(3)20-23-36-30)27-14-18-29(19-15-27)35-22-11-9-7-5-2/h12-20,23-24,34-35H,4-11,21-22H2,1-3H3. The van der Waals surface area contributed by atoms with E-state index in [-0.39, 0.29) is 0 Å². The molecule has 0 fully saturated rings. The third-order valence-electron chi connectivity index (χ3n) is 6.87. The molecule has 6 heteroatoms. The first-order valence-electron chi connectivity index (χ1n) is 14.5. The molecule has 39 heavy (non-hydrogen) atoms. The van der Waals surface area contributed by atoms with E-state index in [2.05, 4.69) is 88.2 Å². The van der Waals surface area contributed by atoms with Crippen molar-refractivity contribution in [3.8, 4) is 34.0 Å². The van der Waals surface area contributed by atoms with Gasteiger partial charge in [-0.3, -0.25) is 4.98 Å². The summed E-state index contributed by atoms with van der Waals surface area (Å²) in [6.45, 7) is 8.50. The van der Waals surface area contributed by atoms with Gasteiger partial charge in [0.05, 0.1) is 0 Å². The summed E-state index contributed by atoms with van der Waals surface area (Å²) >= 11 is 0. The average Bonchev–Trinajstić information content (AvgIpc) is 2.97. The monoisotopic (exact) mass is 522 g/mol. The second kappa shape index (κ2) is 15.0. The van der Waals surface area contributed by atoms with Crippen molar-refractivity contribution in [1.29, 1.82) is 0 Å². The van der Waals surface area contributed by atoms with Gasteiger partial charge in [-0.25, -0.2) is 4.98 Å². The van der Waals surface area contributed by atoms with E-state index in [1.165, 1.54) is 51.4 Å². The van der Waals surface area contributed by atoms with Gasteiger partial charge < -0.3 is 10.6 Å². The Morgan fingerprint density at radius 2 is 1.18 bits per heavy atom. The molecule has 4 aromatic rings. The molecule has 0 saturated carbocycles. The van der Waals surface area contributed by atoms with Crippen molar-refractivity contribution in [3.05, 3.63) is 72.4 Å². The van der Waals surface area contributed by atoms with E-state index in [0.29, 0.717) is 5.82 Å². The van der Waals surface area contributed by atoms with Crippen molar-refractivity contribution in [2.45, 2.75) is 72.1 Å². The van der Waals surface area contributed by atoms with Crippen LogP contribution in [0.15, 0.2) is 66.9 Å². The molecular formula is C33H42N6. The summed E-state index contributed by atoms with van der Waals surface area (Å²) in [5.74, 6) is 0.529. The Morgan fingerprint density at radius 3 is 1.72 bits per heavy atom. The lowest BCUT2D eigenvalue weighted by Crippen LogP contribution is -2.03. The van der Waals surface area contributed by atoms with E-state index in [0.717, 1.165) is 58.2 Å². The summed E-state index contributed by atoms with van der Waals surface area (Å²) in [5, 5.41) is 16.2. The average molecular weight is 523 g/mol. The van der Waals surface area contributed by atoms with Crippen LogP contribution >= 0.6 is 0 Å². The molecule has 0 radical (unpaired) electrons. The zero-order valence-corrected chi connectivity index (χ0v) is 23.7. The summed E-state index contributed by atoms with van der Waals surface area (Å²) in [5.41, 5.74) is 7.64. The Hall–Kier alpha value is -3.80. The normalized spacial score (nSPS) is 10.9. The van der Waals surface area contributed by atoms with Gasteiger partial charge in [-0.2, -0.15) is 0 Å². The van der Waals surface area contributed by atoms with Crippen molar-refractivity contribution >= 4 is 11.4 Å². The molecule has 0 aliphatic carbocycles. The van der Waals surface area contributed by atoms with E-state index in [1.54, 1.807) is 6.20 Å². The Labute approximate surface area is 233 Å². The molecule has 204 valence electrons. The molecule has 0 atom stereocenters. The molecule has 4 rings (SSSR count). The van der Waals surface area contributed by atoms with Crippen molar-refractivity contribution in [1.82, 2.24) is 20.2 Å². The fourth-order valence-corrected chi connectivity index (χ4v) is 4.55. The summed E-state index contributed by atoms with van der Waals surface area (Å²) in [4.78, 5) is 9.48. The molecular weight excluding hydrogens is 480 g/mol. The highest BCUT2D eigenvalue weighted by Crippen LogP contribution is 2.31. The predicted octanol–water partition coefficient (Wildman–Crippen LogP) is 8.56. The van der Waals surface area contributed by atoms with E-state index in [4.69, 9.17) is 4.98 Å². The minimum Gasteiger partial charge on any atom is -0.385 e. The molecule has 0 aliphatic rings. The third kappa shape index (κ3) is 8.34. The molecule has 0 aliphatic heterocycles. The smallest absolute Gasteiger partial charge is 0.201 e. The summed E-state index contributed by atoms with van der Waals surface area (Å²) in [6.07, 6.45) is 11.8. The van der Waals surface area contributed by atoms with Crippen LogP contribution in [0, 0.1) is 6.92 Å². The van der Waals surface area contributed by atoms with Gasteiger partial charge in [-0.05, 0) is 61.7 Å². The van der Waals surface area contributed by atoms with Gasteiger partial charge in [-0.15, -0.1) is 10.2 Å². The fraction of sp³-hybridized carbons (Fsp3) is 0.394. The Balaban J connectivity index is 1.57. The summed E-state index contributed by atoms with van der Waals surface area (Å²) < 4.78 is 0. The van der Waals surface area contributed by atoms with Gasteiger partial charge >= 0.3 is 0 Å². The second-order valence-corrected chi connectivity index (χ2v) is 10.2. The topological polar surface area (TPSA) is 75.6 Å². The van der Waals surface area contributed by atoms with E-state index < -0.39 is 0 Å². The van der Waals surface area contributed by atoms with Crippen molar-refractivity contribution in [2.24, 2.45) is 0 Å². The lowest BCUT2D eigenvalue weighted by molar-refractivity contribution is 0.685. The van der Waals surface area contributed by atoms with Crippen LogP contribution in [0.1, 0.15) is 70.8 Å². The number of unbranched alkanes of at least 4 members (excludes halogenated alkanes) is 6. The maximum atomic E-state index is 4.98. The largest absolute Gasteiger partial charge is 0.385 e. The molecule has 2 N–H and O–H groups in total. The molecule has 6 nitrogen and oxygen atoms in total. The SMILES string of the molecule is CCCCCCNc1ccc(-c2nnc(-c3cc(C)ccn3)nc2-c2ccc(NCCCCCC)cc2)cc1. The maximum Gasteiger partial charge on any atom is 0.201 e. The van der Waals surface area contributed by atoms with Crippen molar-refractivity contribution in [3.63, 3.8) is 0 Å². The van der Waals surface area contributed by atoms with Crippen LogP contribution in [0.5, 0.6) is 0 Å². The highest BCUT2D eigenvalue weighted by Gasteiger charge is 2.15. The lowest BCUT2D eigenvalue weighted by Gasteiger charge is -2.12. The highest BCUT2D eigenvalue weighted by molar-refractivity contribution is 5.79. The predicted molar refractivity (Wildman–Crippen MR) is 164 cm³/mol. The number of nitrogens with one attached hydrogen (secondary N) is 2. The molecule has 2 heterocycles. The highest BCUT2D eigenvalue weighted by atomic mass is 15.2. The minimum absolute atomic E-state index is 0.529. The first kappa shape index (κ1) is 28.2. The molecule has 2 aromatic heterocycles.